The van der Waals surface area contributed by atoms with Crippen molar-refractivity contribution in [2.24, 2.45) is 44.8 Å². The highest BCUT2D eigenvalue weighted by Crippen LogP contribution is 2.56. The van der Waals surface area contributed by atoms with Crippen molar-refractivity contribution in [1.82, 2.24) is 25.7 Å². The van der Waals surface area contributed by atoms with Crippen molar-refractivity contribution in [3.05, 3.63) is 206 Å². The number of benzene rings is 4. The molecule has 12 aliphatic rings. The lowest BCUT2D eigenvalue weighted by molar-refractivity contribution is -0.118. The molecule has 1 spiro atoms. The van der Waals surface area contributed by atoms with Gasteiger partial charge in [0.05, 0.1) is 107 Å². The van der Waals surface area contributed by atoms with Gasteiger partial charge in [0.2, 0.25) is 17.7 Å². The Morgan fingerprint density at radius 1 is 0.472 bits per heavy atom. The van der Waals surface area contributed by atoms with E-state index in [0.717, 1.165) is 146 Å². The Balaban J connectivity index is 0.000000136. The monoisotopic (exact) mass is 1720 g/mol. The SMILES string of the molecule is C=CC(=O)Cc1cnn(C)c1C1=NCC2=C1CCC1(C2)OCc2c(OC)cc(OC)c(F)c21.C=CC(=O)N[C@@H]1CCC[C@@H]1C1=NCC2=C1CC[C@H](c1c(F)c(OC)cc(OC)c1F)C2.C=CC(=O)N[C@H]1CCC[C@H]1C1=NCC2=C1CC[C@H](c1c(F)c(OC)cc(OC)c1F)C2.C=CC(=O)N[C@H]1CCC[C@H]1C1=NCC2=C1CC[C@H](c1cc(OC)cc(OC)c1F)C2. The number of halogens is 6. The standard InChI is InChI=1S/C25H26FN3O4.2C24H28F2N2O3.C24H29FN2O3/c1-5-16(30)8-14-12-28-29(2)24(14)23-17-6-7-25(10-15(17)11-27-23)21-18(13-33-25)19(31-3)9-20(32-4)22(21)26;2*1-4-20(29)28-17-7-5-6-16(17)24-15-9-8-13(10-14(15)12-27-24)21-22(25)18(30-2)11-19(31-3)23(21)26;1-4-22(28)27-20-7-5-6-18(20)24-17-9-8-14(10-15(17)13-26-24)19-11-16(29-2)12-21(30-3)23(19)25/h5,9,12H,1,6-8,10-11,13H2,2-4H3;2*4,11,13,16-17H,1,5-10,12H2,2-3H3,(H,28,29);4,11-12,14,18,20H,1,5-10,13H2,2-3H3,(H,27,28)/t;13-,16+,17-;13-,16-,17+;14-,18+,20-/m.000/s1. The summed E-state index contributed by atoms with van der Waals surface area (Å²) in [5.74, 6) is -2.13. The van der Waals surface area contributed by atoms with Gasteiger partial charge in [0, 0.05) is 125 Å². The molecule has 6 heterocycles. The van der Waals surface area contributed by atoms with E-state index < -0.39 is 28.9 Å². The number of aromatic nitrogens is 2. The predicted octanol–water partition coefficient (Wildman–Crippen LogP) is 16.9. The van der Waals surface area contributed by atoms with E-state index in [-0.39, 0.29) is 141 Å². The number of rotatable bonds is 24. The Kier molecular flexibility index (Phi) is 28.1. The van der Waals surface area contributed by atoms with Gasteiger partial charge in [-0.3, -0.25) is 43.8 Å². The third-order valence-electron chi connectivity index (χ3n) is 27.3. The molecular formula is C97H111F6N9O13. The van der Waals surface area contributed by atoms with Crippen LogP contribution in [0.5, 0.6) is 46.0 Å². The summed E-state index contributed by atoms with van der Waals surface area (Å²) < 4.78 is 140. The number of hydrogen-bond acceptors (Lipinski definition) is 18. The largest absolute Gasteiger partial charge is 0.497 e. The molecular weight excluding hydrogens is 1610 g/mol. The summed E-state index contributed by atoms with van der Waals surface area (Å²) in [4.78, 5) is 66.7. The summed E-state index contributed by atoms with van der Waals surface area (Å²) in [7, 11) is 13.4. The van der Waals surface area contributed by atoms with Gasteiger partial charge in [-0.05, 0) is 207 Å². The highest BCUT2D eigenvalue weighted by atomic mass is 19.2. The van der Waals surface area contributed by atoms with Crippen molar-refractivity contribution in [3.8, 4) is 46.0 Å². The number of fused-ring (bicyclic) bond motifs is 2. The molecule has 3 N–H and O–H groups in total. The van der Waals surface area contributed by atoms with Crippen LogP contribution in [0.4, 0.5) is 26.3 Å². The molecule has 0 saturated heterocycles. The first-order chi connectivity index (χ1) is 60.4. The fraction of sp³-hybridized carbons (Fsp3) is 0.474. The lowest BCUT2D eigenvalue weighted by Gasteiger charge is -2.35. The summed E-state index contributed by atoms with van der Waals surface area (Å²) in [6, 6.07) is 7.70. The molecule has 1 aromatic heterocycles. The molecule has 5 aliphatic heterocycles. The highest BCUT2D eigenvalue weighted by molar-refractivity contribution is 6.15. The molecule has 125 heavy (non-hydrogen) atoms. The number of ether oxygens (including phenoxy) is 9. The Morgan fingerprint density at radius 3 is 1.30 bits per heavy atom. The third kappa shape index (κ3) is 17.9. The predicted molar refractivity (Wildman–Crippen MR) is 465 cm³/mol. The maximum absolute atomic E-state index is 15.5. The molecule has 4 aromatic carbocycles. The van der Waals surface area contributed by atoms with Crippen molar-refractivity contribution in [3.63, 3.8) is 0 Å². The highest BCUT2D eigenvalue weighted by Gasteiger charge is 2.50. The molecule has 22 nitrogen and oxygen atoms in total. The van der Waals surface area contributed by atoms with Crippen LogP contribution in [0.3, 0.4) is 0 Å². The summed E-state index contributed by atoms with van der Waals surface area (Å²) >= 11 is 0. The van der Waals surface area contributed by atoms with Crippen LogP contribution in [0.15, 0.2) is 152 Å². The molecule has 664 valence electrons. The number of methoxy groups -OCH3 is 8. The van der Waals surface area contributed by atoms with E-state index in [2.05, 4.69) is 47.4 Å². The van der Waals surface area contributed by atoms with Gasteiger partial charge in [0.15, 0.2) is 75.2 Å². The van der Waals surface area contributed by atoms with Crippen LogP contribution in [-0.2, 0) is 49.6 Å². The van der Waals surface area contributed by atoms with Crippen LogP contribution >= 0.6 is 0 Å². The number of allylic oxidation sites excluding steroid dienone is 5. The maximum Gasteiger partial charge on any atom is 0.243 e. The van der Waals surface area contributed by atoms with Gasteiger partial charge >= 0.3 is 0 Å². The molecule has 28 heteroatoms. The number of nitrogens with zero attached hydrogens (tertiary/aromatic N) is 6. The van der Waals surface area contributed by atoms with E-state index >= 15 is 4.39 Å². The van der Waals surface area contributed by atoms with Crippen LogP contribution in [0.1, 0.15) is 192 Å². The second-order valence-electron chi connectivity index (χ2n) is 33.8. The summed E-state index contributed by atoms with van der Waals surface area (Å²) in [5.41, 5.74) is 16.8. The van der Waals surface area contributed by atoms with E-state index in [0.29, 0.717) is 100 Å². The Hall–Kier alpha value is -11.3. The van der Waals surface area contributed by atoms with E-state index in [1.807, 2.05) is 7.05 Å². The number of aryl methyl sites for hydroxylation is 1. The Morgan fingerprint density at radius 2 is 0.880 bits per heavy atom. The number of carbonyl (C=O) groups is 4. The molecule has 1 unspecified atom stereocenters. The van der Waals surface area contributed by atoms with Crippen LogP contribution in [0.2, 0.25) is 0 Å². The smallest absolute Gasteiger partial charge is 0.243 e. The molecule has 3 amide bonds. The van der Waals surface area contributed by atoms with Crippen molar-refractivity contribution >= 4 is 46.4 Å². The number of carbonyl (C=O) groups excluding carboxylic acids is 4. The van der Waals surface area contributed by atoms with Gasteiger partial charge in [0.1, 0.15) is 17.1 Å². The van der Waals surface area contributed by atoms with Gasteiger partial charge in [-0.2, -0.15) is 5.10 Å². The zero-order valence-corrected chi connectivity index (χ0v) is 72.6. The average Bonchev–Trinajstić information content (AvgIpc) is 1.65. The topological polar surface area (TPSA) is 255 Å². The summed E-state index contributed by atoms with van der Waals surface area (Å²) in [5, 5.41) is 13.5. The molecule has 3 saturated carbocycles. The number of aliphatic imine (C=N–C) groups is 4. The van der Waals surface area contributed by atoms with Gasteiger partial charge < -0.3 is 58.6 Å². The first-order valence-corrected chi connectivity index (χ1v) is 43.1. The lowest BCUT2D eigenvalue weighted by atomic mass is 9.75. The van der Waals surface area contributed by atoms with Gasteiger partial charge in [-0.25, -0.2) is 26.3 Å². The van der Waals surface area contributed by atoms with Crippen molar-refractivity contribution in [2.75, 3.05) is 83.1 Å². The Bertz CT molecular complexity index is 5190. The van der Waals surface area contributed by atoms with Gasteiger partial charge in [-0.1, -0.05) is 45.6 Å². The summed E-state index contributed by atoms with van der Waals surface area (Å²) in [6.45, 7) is 16.8. The zero-order chi connectivity index (χ0) is 88.8. The van der Waals surface area contributed by atoms with Crippen LogP contribution < -0.4 is 53.8 Å². The summed E-state index contributed by atoms with van der Waals surface area (Å²) in [6.07, 6.45) is 24.4. The van der Waals surface area contributed by atoms with Gasteiger partial charge in [0.25, 0.3) is 0 Å². The first kappa shape index (κ1) is 90.0. The molecule has 17 rings (SSSR count). The number of ketones is 1. The quantitative estimate of drug-likeness (QED) is 0.0384. The van der Waals surface area contributed by atoms with Crippen molar-refractivity contribution in [2.45, 2.75) is 189 Å². The molecule has 7 aliphatic carbocycles. The van der Waals surface area contributed by atoms with Crippen molar-refractivity contribution in [1.29, 1.82) is 0 Å². The van der Waals surface area contributed by atoms with E-state index in [4.69, 9.17) is 62.6 Å². The second-order valence-corrected chi connectivity index (χ2v) is 33.8. The van der Waals surface area contributed by atoms with Crippen LogP contribution in [-0.4, -0.2) is 157 Å². The number of hydrogen-bond donors (Lipinski definition) is 3. The fourth-order valence-corrected chi connectivity index (χ4v) is 21.2. The molecule has 0 bridgehead atoms. The second kappa shape index (κ2) is 39.1. The van der Waals surface area contributed by atoms with E-state index in [1.54, 1.807) is 43.3 Å². The molecule has 10 atom stereocenters. The normalized spacial score (nSPS) is 24.2. The minimum absolute atomic E-state index is 0.0110. The number of amides is 3. The zero-order valence-electron chi connectivity index (χ0n) is 72.6. The number of nitrogens with one attached hydrogen (secondary N) is 3. The van der Waals surface area contributed by atoms with Gasteiger partial charge in [-0.15, -0.1) is 0 Å². The molecule has 5 aromatic rings. The lowest BCUT2D eigenvalue weighted by Crippen LogP contribution is -2.39. The third-order valence-corrected chi connectivity index (χ3v) is 27.3. The molecule has 3 fully saturated rings. The maximum atomic E-state index is 15.5. The minimum atomic E-state index is -0.765. The first-order valence-electron chi connectivity index (χ1n) is 43.1. The Labute approximate surface area is 725 Å². The van der Waals surface area contributed by atoms with E-state index in [1.165, 1.54) is 107 Å². The van der Waals surface area contributed by atoms with Crippen LogP contribution in [0.25, 0.3) is 0 Å². The van der Waals surface area contributed by atoms with Crippen LogP contribution in [0, 0.1) is 52.7 Å². The fourth-order valence-electron chi connectivity index (χ4n) is 21.2. The molecule has 0 radical (unpaired) electrons. The average molecular weight is 1720 g/mol. The van der Waals surface area contributed by atoms with Crippen molar-refractivity contribution < 1.29 is 88.2 Å². The van der Waals surface area contributed by atoms with E-state index in [9.17, 15) is 41.1 Å². The minimum Gasteiger partial charge on any atom is -0.497 e.